The number of halogens is 1. The molecule has 10 heteroatoms. The van der Waals surface area contributed by atoms with Crippen LogP contribution in [0.3, 0.4) is 0 Å². The molecule has 1 aliphatic carbocycles. The zero-order valence-electron chi connectivity index (χ0n) is 20.3. The summed E-state index contributed by atoms with van der Waals surface area (Å²) in [5, 5.41) is 3.64. The molecule has 0 aliphatic heterocycles. The molecule has 1 aliphatic rings. The third-order valence-electron chi connectivity index (χ3n) is 5.98. The lowest BCUT2D eigenvalue weighted by Gasteiger charge is -2.26. The second-order valence-electron chi connectivity index (χ2n) is 8.59. The van der Waals surface area contributed by atoms with Gasteiger partial charge in [-0.15, -0.1) is 11.3 Å². The number of aryl methyl sites for hydroxylation is 3. The summed E-state index contributed by atoms with van der Waals surface area (Å²) in [4.78, 5) is 27.1. The summed E-state index contributed by atoms with van der Waals surface area (Å²) in [6.45, 7) is 5.06. The van der Waals surface area contributed by atoms with E-state index in [2.05, 4.69) is 5.32 Å². The fraction of sp³-hybridized carbons (Fsp3) is 0.308. The van der Waals surface area contributed by atoms with Crippen molar-refractivity contribution < 1.29 is 22.7 Å². The van der Waals surface area contributed by atoms with Gasteiger partial charge in [0.05, 0.1) is 22.8 Å². The van der Waals surface area contributed by atoms with Crippen LogP contribution in [-0.2, 0) is 32.4 Å². The number of anilines is 2. The Hall–Kier alpha value is -2.88. The molecular weight excluding hydrogens is 520 g/mol. The second-order valence-corrected chi connectivity index (χ2v) is 12.0. The minimum Gasteiger partial charge on any atom is -0.462 e. The van der Waals surface area contributed by atoms with Gasteiger partial charge in [0.15, 0.2) is 0 Å². The summed E-state index contributed by atoms with van der Waals surface area (Å²) in [6, 6.07) is 11.3. The number of esters is 1. The lowest BCUT2D eigenvalue weighted by atomic mass is 10.1. The zero-order chi connectivity index (χ0) is 26.0. The molecule has 0 atom stereocenters. The van der Waals surface area contributed by atoms with Crippen molar-refractivity contribution in [2.24, 2.45) is 0 Å². The van der Waals surface area contributed by atoms with Crippen molar-refractivity contribution in [2.75, 3.05) is 22.8 Å². The van der Waals surface area contributed by atoms with Gasteiger partial charge in [-0.2, -0.15) is 0 Å². The Morgan fingerprint density at radius 1 is 1.11 bits per heavy atom. The van der Waals surface area contributed by atoms with Crippen LogP contribution in [-0.4, -0.2) is 33.4 Å². The SMILES string of the molecule is CCOC(=O)c1c(NC(=O)CN(c2ccc(Cl)cc2C)S(=O)(=O)c2ccc(C)cc2)sc2c1CCC2. The van der Waals surface area contributed by atoms with E-state index < -0.39 is 28.4 Å². The van der Waals surface area contributed by atoms with Gasteiger partial charge in [0.2, 0.25) is 5.91 Å². The maximum Gasteiger partial charge on any atom is 0.341 e. The molecule has 0 bridgehead atoms. The molecule has 3 aromatic rings. The van der Waals surface area contributed by atoms with Gasteiger partial charge in [0, 0.05) is 9.90 Å². The van der Waals surface area contributed by atoms with E-state index in [9.17, 15) is 18.0 Å². The van der Waals surface area contributed by atoms with Crippen molar-refractivity contribution in [3.05, 3.63) is 74.6 Å². The van der Waals surface area contributed by atoms with Crippen molar-refractivity contribution >= 4 is 55.5 Å². The first-order valence-corrected chi connectivity index (χ1v) is 14.2. The zero-order valence-corrected chi connectivity index (χ0v) is 22.6. The Morgan fingerprint density at radius 3 is 2.50 bits per heavy atom. The van der Waals surface area contributed by atoms with Gasteiger partial charge in [0.25, 0.3) is 10.0 Å². The molecule has 0 radical (unpaired) electrons. The molecule has 1 aromatic heterocycles. The molecule has 190 valence electrons. The highest BCUT2D eigenvalue weighted by atomic mass is 35.5. The van der Waals surface area contributed by atoms with Crippen molar-refractivity contribution in [1.82, 2.24) is 0 Å². The Kier molecular flexibility index (Phi) is 7.73. The summed E-state index contributed by atoms with van der Waals surface area (Å²) < 4.78 is 33.7. The highest BCUT2D eigenvalue weighted by Crippen LogP contribution is 2.39. The average molecular weight is 547 g/mol. The highest BCUT2D eigenvalue weighted by molar-refractivity contribution is 7.92. The normalized spacial score (nSPS) is 12.8. The smallest absolute Gasteiger partial charge is 0.341 e. The molecule has 0 spiro atoms. The number of ether oxygens (including phenoxy) is 1. The molecule has 1 heterocycles. The summed E-state index contributed by atoms with van der Waals surface area (Å²) in [7, 11) is -4.08. The fourth-order valence-electron chi connectivity index (χ4n) is 4.24. The average Bonchev–Trinajstić information content (AvgIpc) is 3.39. The van der Waals surface area contributed by atoms with Crippen molar-refractivity contribution in [2.45, 2.75) is 44.9 Å². The summed E-state index contributed by atoms with van der Waals surface area (Å²) in [5.41, 5.74) is 3.14. The molecule has 4 rings (SSSR count). The number of sulfonamides is 1. The number of amides is 1. The van der Waals surface area contributed by atoms with Gasteiger partial charge in [-0.25, -0.2) is 13.2 Å². The predicted molar refractivity (Wildman–Crippen MR) is 143 cm³/mol. The number of benzene rings is 2. The Balaban J connectivity index is 1.69. The Labute approximate surface area is 220 Å². The predicted octanol–water partition coefficient (Wildman–Crippen LogP) is 5.52. The molecule has 7 nitrogen and oxygen atoms in total. The molecule has 36 heavy (non-hydrogen) atoms. The van der Waals surface area contributed by atoms with Crippen molar-refractivity contribution in [1.29, 1.82) is 0 Å². The van der Waals surface area contributed by atoms with Crippen LogP contribution in [0.4, 0.5) is 10.7 Å². The third kappa shape index (κ3) is 5.28. The minimum absolute atomic E-state index is 0.0672. The van der Waals surface area contributed by atoms with Crippen molar-refractivity contribution in [3.63, 3.8) is 0 Å². The van der Waals surface area contributed by atoms with Crippen LogP contribution in [0.5, 0.6) is 0 Å². The van der Waals surface area contributed by atoms with Crippen LogP contribution in [0, 0.1) is 13.8 Å². The van der Waals surface area contributed by atoms with E-state index in [1.54, 1.807) is 44.2 Å². The van der Waals surface area contributed by atoms with E-state index in [4.69, 9.17) is 16.3 Å². The van der Waals surface area contributed by atoms with Crippen LogP contribution in [0.15, 0.2) is 47.4 Å². The number of fused-ring (bicyclic) bond motifs is 1. The first-order chi connectivity index (χ1) is 17.1. The van der Waals surface area contributed by atoms with E-state index in [1.807, 2.05) is 6.92 Å². The number of nitrogens with zero attached hydrogens (tertiary/aromatic N) is 1. The number of hydrogen-bond acceptors (Lipinski definition) is 6. The van der Waals surface area contributed by atoms with Gasteiger partial charge < -0.3 is 10.1 Å². The van der Waals surface area contributed by atoms with Crippen LogP contribution >= 0.6 is 22.9 Å². The number of thiophene rings is 1. The molecule has 0 fully saturated rings. The van der Waals surface area contributed by atoms with Gasteiger partial charge in [-0.1, -0.05) is 29.3 Å². The lowest BCUT2D eigenvalue weighted by molar-refractivity contribution is -0.114. The number of carbonyl (C=O) groups is 2. The molecule has 1 amide bonds. The molecule has 0 unspecified atom stereocenters. The van der Waals surface area contributed by atoms with Crippen LogP contribution in [0.2, 0.25) is 5.02 Å². The Morgan fingerprint density at radius 2 is 1.83 bits per heavy atom. The van der Waals surface area contributed by atoms with Gasteiger partial charge in [-0.3, -0.25) is 9.10 Å². The first kappa shape index (κ1) is 26.2. The minimum atomic E-state index is -4.08. The van der Waals surface area contributed by atoms with E-state index in [0.717, 1.165) is 39.6 Å². The number of carbonyl (C=O) groups excluding carboxylic acids is 2. The maximum absolute atomic E-state index is 13.7. The molecule has 0 saturated carbocycles. The van der Waals surface area contributed by atoms with E-state index >= 15 is 0 Å². The second kappa shape index (κ2) is 10.6. The standard InChI is InChI=1S/C26H27ClN2O5S2/c1-4-34-26(31)24-20-6-5-7-22(20)35-25(24)28-23(30)15-29(21-13-10-18(27)14-17(21)3)36(32,33)19-11-8-16(2)9-12-19/h8-14H,4-7,15H2,1-3H3,(H,28,30). The number of nitrogens with one attached hydrogen (secondary N) is 1. The third-order valence-corrected chi connectivity index (χ3v) is 9.19. The topological polar surface area (TPSA) is 92.8 Å². The van der Waals surface area contributed by atoms with Gasteiger partial charge in [-0.05, 0) is 81.5 Å². The van der Waals surface area contributed by atoms with E-state index in [0.29, 0.717) is 26.8 Å². The van der Waals surface area contributed by atoms with Crippen LogP contribution < -0.4 is 9.62 Å². The van der Waals surface area contributed by atoms with Crippen LogP contribution in [0.1, 0.15) is 45.3 Å². The lowest BCUT2D eigenvalue weighted by Crippen LogP contribution is -2.38. The molecule has 0 saturated heterocycles. The first-order valence-electron chi connectivity index (χ1n) is 11.6. The number of hydrogen-bond donors (Lipinski definition) is 1. The quantitative estimate of drug-likeness (QED) is 0.376. The van der Waals surface area contributed by atoms with Gasteiger partial charge >= 0.3 is 5.97 Å². The van der Waals surface area contributed by atoms with E-state index in [-0.39, 0.29) is 11.5 Å². The highest BCUT2D eigenvalue weighted by Gasteiger charge is 2.31. The largest absolute Gasteiger partial charge is 0.462 e. The van der Waals surface area contributed by atoms with Crippen molar-refractivity contribution in [3.8, 4) is 0 Å². The Bertz CT molecular complexity index is 1410. The summed E-state index contributed by atoms with van der Waals surface area (Å²) in [5.74, 6) is -1.05. The number of rotatable bonds is 8. The molecule has 2 aromatic carbocycles. The van der Waals surface area contributed by atoms with Crippen LogP contribution in [0.25, 0.3) is 0 Å². The monoisotopic (exact) mass is 546 g/mol. The summed E-state index contributed by atoms with van der Waals surface area (Å²) in [6.07, 6.45) is 2.52. The molecule has 1 N–H and O–H groups in total. The fourth-order valence-corrected chi connectivity index (χ4v) is 7.25. The maximum atomic E-state index is 13.7. The summed E-state index contributed by atoms with van der Waals surface area (Å²) >= 11 is 7.45. The van der Waals surface area contributed by atoms with E-state index in [1.165, 1.54) is 23.5 Å². The molecular formula is C26H27ClN2O5S2. The van der Waals surface area contributed by atoms with Gasteiger partial charge in [0.1, 0.15) is 11.5 Å².